The molecule has 5 nitrogen and oxygen atoms in total. The normalized spacial score (nSPS) is 12.1. The molecule has 2 heterocycles. The average Bonchev–Trinajstić information content (AvgIpc) is 3.13. The van der Waals surface area contributed by atoms with Crippen molar-refractivity contribution in [3.63, 3.8) is 0 Å². The van der Waals surface area contributed by atoms with E-state index in [1.807, 2.05) is 55.6 Å². The van der Waals surface area contributed by atoms with Gasteiger partial charge < -0.3 is 9.47 Å². The monoisotopic (exact) mass is 398 g/mol. The number of carbonyl (C=O) groups is 1. The van der Waals surface area contributed by atoms with Gasteiger partial charge in [-0.15, -0.1) is 0 Å². The smallest absolute Gasteiger partial charge is 0.254 e. The number of rotatable bonds is 5. The fraction of sp³-hybridized carbons (Fsp3) is 0.240. The van der Waals surface area contributed by atoms with Crippen LogP contribution in [0.25, 0.3) is 22.2 Å². The van der Waals surface area contributed by atoms with Crippen molar-refractivity contribution in [3.05, 3.63) is 83.9 Å². The van der Waals surface area contributed by atoms with Crippen molar-refractivity contribution >= 4 is 16.8 Å². The molecule has 0 aliphatic carbocycles. The zero-order valence-electron chi connectivity index (χ0n) is 17.8. The maximum absolute atomic E-state index is 12.8. The number of pyridine rings is 1. The maximum Gasteiger partial charge on any atom is 0.254 e. The highest BCUT2D eigenvalue weighted by atomic mass is 16.2. The van der Waals surface area contributed by atoms with E-state index < -0.39 is 0 Å². The third-order valence-electron chi connectivity index (χ3n) is 5.41. The summed E-state index contributed by atoms with van der Waals surface area (Å²) in [6.45, 7) is 2.14. The molecule has 152 valence electrons. The van der Waals surface area contributed by atoms with Crippen LogP contribution in [-0.2, 0) is 13.5 Å². The summed E-state index contributed by atoms with van der Waals surface area (Å²) in [4.78, 5) is 24.1. The molecule has 0 aliphatic rings. The predicted molar refractivity (Wildman–Crippen MR) is 121 cm³/mol. The highest BCUT2D eigenvalue weighted by Crippen LogP contribution is 2.26. The third-order valence-corrected chi connectivity index (χ3v) is 5.41. The Hall–Kier alpha value is -3.47. The van der Waals surface area contributed by atoms with E-state index in [9.17, 15) is 4.79 Å². The second-order valence-corrected chi connectivity index (χ2v) is 7.94. The van der Waals surface area contributed by atoms with Crippen LogP contribution in [-0.4, -0.2) is 39.4 Å². The second-order valence-electron chi connectivity index (χ2n) is 7.94. The van der Waals surface area contributed by atoms with Crippen molar-refractivity contribution in [3.8, 4) is 11.3 Å². The van der Waals surface area contributed by atoms with Gasteiger partial charge in [-0.05, 0) is 12.1 Å². The summed E-state index contributed by atoms with van der Waals surface area (Å²) in [6.07, 6.45) is 2.80. The first-order valence-electron chi connectivity index (χ1n) is 10.1. The number of fused-ring (bicyclic) bond motifs is 1. The lowest BCUT2D eigenvalue weighted by molar-refractivity contribution is 0.0829. The van der Waals surface area contributed by atoms with Gasteiger partial charge in [-0.3, -0.25) is 9.78 Å². The number of para-hydroxylation sites is 1. The van der Waals surface area contributed by atoms with Crippen molar-refractivity contribution in [2.45, 2.75) is 19.3 Å². The second kappa shape index (κ2) is 8.11. The molecule has 30 heavy (non-hydrogen) atoms. The van der Waals surface area contributed by atoms with Crippen LogP contribution in [0.5, 0.6) is 0 Å². The molecule has 1 atom stereocenters. The molecule has 0 spiro atoms. The molecule has 0 fully saturated rings. The summed E-state index contributed by atoms with van der Waals surface area (Å²) in [7, 11) is 5.58. The van der Waals surface area contributed by atoms with E-state index in [-0.39, 0.29) is 11.8 Å². The van der Waals surface area contributed by atoms with Gasteiger partial charge in [-0.1, -0.05) is 55.5 Å². The number of amides is 1. The molecule has 4 aromatic rings. The first-order valence-corrected chi connectivity index (χ1v) is 10.1. The molecule has 0 N–H and O–H groups in total. The van der Waals surface area contributed by atoms with Gasteiger partial charge >= 0.3 is 0 Å². The minimum absolute atomic E-state index is 0.00888. The zero-order valence-corrected chi connectivity index (χ0v) is 17.8. The van der Waals surface area contributed by atoms with E-state index in [1.54, 1.807) is 19.0 Å². The van der Waals surface area contributed by atoms with Crippen molar-refractivity contribution in [2.75, 3.05) is 14.1 Å². The van der Waals surface area contributed by atoms with Gasteiger partial charge in [0.05, 0.1) is 16.8 Å². The number of nitrogens with zero attached hydrogens (tertiary/aromatic N) is 4. The van der Waals surface area contributed by atoms with Gasteiger partial charge in [0.2, 0.25) is 0 Å². The van der Waals surface area contributed by atoms with Crippen LogP contribution >= 0.6 is 0 Å². The molecule has 0 radical (unpaired) electrons. The molecule has 0 saturated heterocycles. The Morgan fingerprint density at radius 1 is 1.03 bits per heavy atom. The van der Waals surface area contributed by atoms with E-state index in [4.69, 9.17) is 9.97 Å². The van der Waals surface area contributed by atoms with Crippen molar-refractivity contribution in [1.82, 2.24) is 19.4 Å². The van der Waals surface area contributed by atoms with Gasteiger partial charge in [0, 0.05) is 56.3 Å². The summed E-state index contributed by atoms with van der Waals surface area (Å²) < 4.78 is 2.08. The summed E-state index contributed by atoms with van der Waals surface area (Å²) in [5.41, 5.74) is 4.52. The molecule has 0 saturated carbocycles. The van der Waals surface area contributed by atoms with Crippen LogP contribution in [0.15, 0.2) is 66.9 Å². The average molecular weight is 399 g/mol. The molecule has 5 heteroatoms. The van der Waals surface area contributed by atoms with Crippen LogP contribution in [0.1, 0.15) is 34.7 Å². The number of imidazole rings is 1. The summed E-state index contributed by atoms with van der Waals surface area (Å²) in [6, 6.07) is 20.0. The minimum atomic E-state index is -0.00888. The number of hydrogen-bond donors (Lipinski definition) is 0. The lowest BCUT2D eigenvalue weighted by Gasteiger charge is -2.16. The molecule has 2 aromatic heterocycles. The lowest BCUT2D eigenvalue weighted by atomic mass is 9.98. The lowest BCUT2D eigenvalue weighted by Crippen LogP contribution is -2.22. The summed E-state index contributed by atoms with van der Waals surface area (Å²) in [5, 5.41) is 0.885. The maximum atomic E-state index is 12.8. The molecule has 0 bridgehead atoms. The Kier molecular flexibility index (Phi) is 5.36. The standard InChI is InChI=1S/C25H26N4O/c1-17(14-24-27-23(16-29(24)4)18-10-6-5-7-11-18)22-15-20(25(30)28(2)3)19-12-8-9-13-21(19)26-22/h5-13,15-17H,14H2,1-4H3. The summed E-state index contributed by atoms with van der Waals surface area (Å²) in [5.74, 6) is 1.11. The Labute approximate surface area is 177 Å². The highest BCUT2D eigenvalue weighted by molar-refractivity contribution is 6.06. The fourth-order valence-corrected chi connectivity index (χ4v) is 3.69. The van der Waals surface area contributed by atoms with E-state index in [2.05, 4.69) is 29.8 Å². The van der Waals surface area contributed by atoms with Gasteiger partial charge in [-0.25, -0.2) is 4.98 Å². The Balaban J connectivity index is 1.68. The predicted octanol–water partition coefficient (Wildman–Crippen LogP) is 4.68. The number of benzene rings is 2. The van der Waals surface area contributed by atoms with Gasteiger partial charge in [0.1, 0.15) is 5.82 Å². The summed E-state index contributed by atoms with van der Waals surface area (Å²) >= 11 is 0. The first kappa shape index (κ1) is 19.8. The zero-order chi connectivity index (χ0) is 21.3. The molecular formula is C25H26N4O. The third kappa shape index (κ3) is 3.83. The Bertz CT molecular complexity index is 1190. The van der Waals surface area contributed by atoms with Crippen LogP contribution in [0.3, 0.4) is 0 Å². The van der Waals surface area contributed by atoms with Crippen LogP contribution < -0.4 is 0 Å². The molecule has 0 aliphatic heterocycles. The van der Waals surface area contributed by atoms with Gasteiger partial charge in [0.25, 0.3) is 5.91 Å². The van der Waals surface area contributed by atoms with Crippen molar-refractivity contribution in [1.29, 1.82) is 0 Å². The van der Waals surface area contributed by atoms with Crippen molar-refractivity contribution < 1.29 is 4.79 Å². The topological polar surface area (TPSA) is 51.0 Å². The Morgan fingerprint density at radius 2 is 1.73 bits per heavy atom. The van der Waals surface area contributed by atoms with Crippen molar-refractivity contribution in [2.24, 2.45) is 7.05 Å². The van der Waals surface area contributed by atoms with E-state index in [0.29, 0.717) is 5.56 Å². The molecule has 4 rings (SSSR count). The van der Waals surface area contributed by atoms with Gasteiger partial charge in [0.15, 0.2) is 0 Å². The number of aryl methyl sites for hydroxylation is 1. The first-order chi connectivity index (χ1) is 14.4. The van der Waals surface area contributed by atoms with E-state index in [1.165, 1.54) is 0 Å². The van der Waals surface area contributed by atoms with Gasteiger partial charge in [-0.2, -0.15) is 0 Å². The Morgan fingerprint density at radius 3 is 2.47 bits per heavy atom. The molecule has 1 unspecified atom stereocenters. The largest absolute Gasteiger partial charge is 0.345 e. The van der Waals surface area contributed by atoms with E-state index in [0.717, 1.165) is 40.1 Å². The quantitative estimate of drug-likeness (QED) is 0.490. The molecule has 2 aromatic carbocycles. The number of aromatic nitrogens is 3. The molecular weight excluding hydrogens is 372 g/mol. The number of hydrogen-bond acceptors (Lipinski definition) is 3. The van der Waals surface area contributed by atoms with Crippen LogP contribution in [0.4, 0.5) is 0 Å². The highest BCUT2D eigenvalue weighted by Gasteiger charge is 2.19. The molecule has 1 amide bonds. The van der Waals surface area contributed by atoms with Crippen LogP contribution in [0.2, 0.25) is 0 Å². The van der Waals surface area contributed by atoms with Crippen LogP contribution in [0, 0.1) is 0 Å². The number of carbonyl (C=O) groups excluding carboxylic acids is 1. The van der Waals surface area contributed by atoms with E-state index >= 15 is 0 Å². The fourth-order valence-electron chi connectivity index (χ4n) is 3.69. The SMILES string of the molecule is CC(Cc1nc(-c2ccccc2)cn1C)c1cc(C(=O)N(C)C)c2ccccc2n1. The minimum Gasteiger partial charge on any atom is -0.345 e.